The number of aliphatic carboxylic acids is 1. The van der Waals surface area contributed by atoms with E-state index in [0.29, 0.717) is 5.75 Å². The number of nitrogens with zero attached hydrogens (tertiary/aromatic N) is 1. The van der Waals surface area contributed by atoms with Crippen LogP contribution in [0.1, 0.15) is 18.4 Å². The number of benzene rings is 1. The summed E-state index contributed by atoms with van der Waals surface area (Å²) < 4.78 is 0. The molecule has 2 atom stereocenters. The summed E-state index contributed by atoms with van der Waals surface area (Å²) in [5.74, 6) is -0.662. The first-order valence-electron chi connectivity index (χ1n) is 6.87. The fourth-order valence-electron chi connectivity index (χ4n) is 2.36. The molecule has 1 aromatic rings. The number of hydrogen-bond donors (Lipinski definition) is 2. The van der Waals surface area contributed by atoms with Crippen LogP contribution >= 0.6 is 11.8 Å². The monoisotopic (exact) mass is 309 g/mol. The maximum atomic E-state index is 12.1. The maximum absolute atomic E-state index is 12.1. The van der Waals surface area contributed by atoms with E-state index < -0.39 is 18.1 Å². The Morgan fingerprint density at radius 3 is 2.62 bits per heavy atom. The second-order valence-electron chi connectivity index (χ2n) is 5.20. The molecular weight excluding hydrogens is 290 g/mol. The highest BCUT2D eigenvalue weighted by Crippen LogP contribution is 2.22. The van der Waals surface area contributed by atoms with Crippen molar-refractivity contribution in [1.29, 1.82) is 0 Å². The first-order valence-corrected chi connectivity index (χ1v) is 7.85. The van der Waals surface area contributed by atoms with Crippen LogP contribution in [0, 0.1) is 6.92 Å². The Labute approximate surface area is 128 Å². The van der Waals surface area contributed by atoms with Gasteiger partial charge in [-0.1, -0.05) is 17.7 Å². The van der Waals surface area contributed by atoms with E-state index in [2.05, 4.69) is 0 Å². The van der Waals surface area contributed by atoms with Gasteiger partial charge in [-0.25, -0.2) is 4.79 Å². The highest BCUT2D eigenvalue weighted by molar-refractivity contribution is 7.99. The third kappa shape index (κ3) is 4.22. The molecule has 1 amide bonds. The van der Waals surface area contributed by atoms with Gasteiger partial charge in [0, 0.05) is 30.0 Å². The molecule has 1 aliphatic rings. The molecule has 0 saturated carbocycles. The second kappa shape index (κ2) is 6.95. The molecule has 0 aromatic heterocycles. The van der Waals surface area contributed by atoms with E-state index in [1.54, 1.807) is 11.8 Å². The molecule has 1 aromatic carbocycles. The Bertz CT molecular complexity index is 517. The molecule has 21 heavy (non-hydrogen) atoms. The first kappa shape index (κ1) is 15.9. The molecule has 0 bridgehead atoms. The summed E-state index contributed by atoms with van der Waals surface area (Å²) >= 11 is 1.57. The van der Waals surface area contributed by atoms with Crippen molar-refractivity contribution >= 4 is 23.6 Å². The predicted molar refractivity (Wildman–Crippen MR) is 80.3 cm³/mol. The number of thioether (sulfide) groups is 1. The number of amides is 1. The van der Waals surface area contributed by atoms with Crippen LogP contribution in [-0.4, -0.2) is 51.4 Å². The van der Waals surface area contributed by atoms with Crippen LogP contribution in [0.15, 0.2) is 29.2 Å². The number of likely N-dealkylation sites (tertiary alicyclic amines) is 1. The summed E-state index contributed by atoms with van der Waals surface area (Å²) in [4.78, 5) is 25.5. The molecule has 1 heterocycles. The van der Waals surface area contributed by atoms with Gasteiger partial charge in [-0.15, -0.1) is 11.8 Å². The zero-order valence-electron chi connectivity index (χ0n) is 11.9. The normalized spacial score (nSPS) is 21.5. The van der Waals surface area contributed by atoms with Gasteiger partial charge in [0.25, 0.3) is 0 Å². The average molecular weight is 309 g/mol. The minimum atomic E-state index is -1.05. The highest BCUT2D eigenvalue weighted by atomic mass is 32.2. The molecule has 1 aliphatic heterocycles. The summed E-state index contributed by atoms with van der Waals surface area (Å²) in [7, 11) is 0. The molecule has 0 spiro atoms. The predicted octanol–water partition coefficient (Wildman–Crippen LogP) is 1.52. The number of carboxylic acids is 1. The van der Waals surface area contributed by atoms with E-state index in [1.165, 1.54) is 10.5 Å². The highest BCUT2D eigenvalue weighted by Gasteiger charge is 2.38. The van der Waals surface area contributed by atoms with E-state index in [-0.39, 0.29) is 25.3 Å². The lowest BCUT2D eigenvalue weighted by Gasteiger charge is -2.21. The average Bonchev–Trinajstić information content (AvgIpc) is 2.83. The van der Waals surface area contributed by atoms with Crippen molar-refractivity contribution in [2.45, 2.75) is 36.8 Å². The summed E-state index contributed by atoms with van der Waals surface area (Å²) in [6, 6.07) is 7.15. The van der Waals surface area contributed by atoms with Crippen molar-refractivity contribution in [3.63, 3.8) is 0 Å². The smallest absolute Gasteiger partial charge is 0.326 e. The zero-order chi connectivity index (χ0) is 15.4. The Kier molecular flexibility index (Phi) is 5.25. The lowest BCUT2D eigenvalue weighted by Crippen LogP contribution is -2.40. The van der Waals surface area contributed by atoms with Crippen molar-refractivity contribution < 1.29 is 19.8 Å². The van der Waals surface area contributed by atoms with Crippen molar-refractivity contribution in [2.75, 3.05) is 12.3 Å². The quantitative estimate of drug-likeness (QED) is 0.807. The lowest BCUT2D eigenvalue weighted by molar-refractivity contribution is -0.148. The van der Waals surface area contributed by atoms with Gasteiger partial charge >= 0.3 is 5.97 Å². The van der Waals surface area contributed by atoms with E-state index in [4.69, 9.17) is 5.11 Å². The van der Waals surface area contributed by atoms with Gasteiger partial charge in [0.05, 0.1) is 6.10 Å². The fraction of sp³-hybridized carbons (Fsp3) is 0.467. The molecule has 1 saturated heterocycles. The molecular formula is C15H19NO4S. The summed E-state index contributed by atoms with van der Waals surface area (Å²) in [5, 5.41) is 18.6. The van der Waals surface area contributed by atoms with Gasteiger partial charge in [0.2, 0.25) is 5.91 Å². The topological polar surface area (TPSA) is 77.8 Å². The Balaban J connectivity index is 1.84. The van der Waals surface area contributed by atoms with Crippen molar-refractivity contribution in [1.82, 2.24) is 4.90 Å². The number of rotatable bonds is 5. The van der Waals surface area contributed by atoms with Crippen LogP contribution in [0.2, 0.25) is 0 Å². The van der Waals surface area contributed by atoms with Gasteiger partial charge in [0.15, 0.2) is 0 Å². The van der Waals surface area contributed by atoms with Gasteiger partial charge < -0.3 is 15.1 Å². The number of aliphatic hydroxyl groups excluding tert-OH is 1. The van der Waals surface area contributed by atoms with Crippen LogP contribution in [0.5, 0.6) is 0 Å². The Hall–Kier alpha value is -1.53. The summed E-state index contributed by atoms with van der Waals surface area (Å²) in [6.45, 7) is 2.13. The number of aliphatic hydroxyl groups is 1. The first-order chi connectivity index (χ1) is 9.97. The van der Waals surface area contributed by atoms with E-state index in [1.807, 2.05) is 31.2 Å². The van der Waals surface area contributed by atoms with Crippen LogP contribution in [-0.2, 0) is 9.59 Å². The third-order valence-electron chi connectivity index (χ3n) is 3.49. The van der Waals surface area contributed by atoms with E-state index in [0.717, 1.165) is 4.90 Å². The minimum absolute atomic E-state index is 0.116. The van der Waals surface area contributed by atoms with Gasteiger partial charge in [-0.05, 0) is 19.1 Å². The largest absolute Gasteiger partial charge is 0.480 e. The molecule has 2 rings (SSSR count). The third-order valence-corrected chi connectivity index (χ3v) is 4.50. The number of aryl methyl sites for hydroxylation is 1. The van der Waals surface area contributed by atoms with Crippen LogP contribution in [0.3, 0.4) is 0 Å². The number of carbonyl (C=O) groups excluding carboxylic acids is 1. The molecule has 0 unspecified atom stereocenters. The molecule has 5 nitrogen and oxygen atoms in total. The van der Waals surface area contributed by atoms with Gasteiger partial charge in [-0.3, -0.25) is 4.79 Å². The zero-order valence-corrected chi connectivity index (χ0v) is 12.7. The number of carboxylic acid groups (broad SMARTS) is 1. The van der Waals surface area contributed by atoms with Crippen LogP contribution in [0.25, 0.3) is 0 Å². The van der Waals surface area contributed by atoms with Crippen LogP contribution in [0.4, 0.5) is 0 Å². The van der Waals surface area contributed by atoms with E-state index in [9.17, 15) is 14.7 Å². The Morgan fingerprint density at radius 1 is 1.33 bits per heavy atom. The number of carbonyl (C=O) groups is 2. The number of hydrogen-bond acceptors (Lipinski definition) is 4. The number of β-amino-alcohol motifs (C(OH)–C–C–N with tert-alkyl or cyclic N) is 1. The van der Waals surface area contributed by atoms with Crippen molar-refractivity contribution in [3.05, 3.63) is 29.8 Å². The SMILES string of the molecule is Cc1ccc(SCCC(=O)N2C[C@H](O)C[C@H]2C(=O)O)cc1. The maximum Gasteiger partial charge on any atom is 0.326 e. The molecule has 1 fully saturated rings. The molecule has 6 heteroatoms. The van der Waals surface area contributed by atoms with Crippen molar-refractivity contribution in [3.8, 4) is 0 Å². The lowest BCUT2D eigenvalue weighted by atomic mass is 10.2. The summed E-state index contributed by atoms with van der Waals surface area (Å²) in [6.07, 6.45) is -0.346. The minimum Gasteiger partial charge on any atom is -0.480 e. The molecule has 2 N–H and O–H groups in total. The summed E-state index contributed by atoms with van der Waals surface area (Å²) in [5.41, 5.74) is 1.19. The van der Waals surface area contributed by atoms with Crippen molar-refractivity contribution in [2.24, 2.45) is 0 Å². The molecule has 0 radical (unpaired) electrons. The van der Waals surface area contributed by atoms with Crippen LogP contribution < -0.4 is 0 Å². The Morgan fingerprint density at radius 2 is 2.00 bits per heavy atom. The standard InChI is InChI=1S/C15H19NO4S/c1-10-2-4-12(5-3-10)21-7-6-14(18)16-9-11(17)8-13(16)15(19)20/h2-5,11,13,17H,6-9H2,1H3,(H,19,20)/t11-,13+/m1/s1. The fourth-order valence-corrected chi connectivity index (χ4v) is 3.20. The van der Waals surface area contributed by atoms with Gasteiger partial charge in [-0.2, -0.15) is 0 Å². The van der Waals surface area contributed by atoms with Gasteiger partial charge in [0.1, 0.15) is 6.04 Å². The van der Waals surface area contributed by atoms with E-state index >= 15 is 0 Å². The molecule has 114 valence electrons. The molecule has 0 aliphatic carbocycles. The second-order valence-corrected chi connectivity index (χ2v) is 6.37.